The van der Waals surface area contributed by atoms with Crippen LogP contribution in [0.3, 0.4) is 0 Å². The number of aromatic amines is 1. The van der Waals surface area contributed by atoms with Gasteiger partial charge in [-0.2, -0.15) is 13.5 Å². The number of hydrogen-bond acceptors (Lipinski definition) is 4. The van der Waals surface area contributed by atoms with Crippen molar-refractivity contribution in [2.45, 2.75) is 10.8 Å². The topological polar surface area (TPSA) is 122 Å². The maximum Gasteiger partial charge on any atom is 0.284 e. The van der Waals surface area contributed by atoms with Gasteiger partial charge < -0.3 is 10.6 Å². The fourth-order valence-electron chi connectivity index (χ4n) is 2.99. The van der Waals surface area contributed by atoms with Gasteiger partial charge in [-0.05, 0) is 23.3 Å². The molecule has 0 bridgehead atoms. The average Bonchev–Trinajstić information content (AvgIpc) is 3.22. The number of hydrogen-bond donors (Lipinski definition) is 2. The highest BCUT2D eigenvalue weighted by molar-refractivity contribution is 7.90. The molecule has 0 spiro atoms. The van der Waals surface area contributed by atoms with Gasteiger partial charge in [0.2, 0.25) is 5.91 Å². The van der Waals surface area contributed by atoms with E-state index < -0.39 is 21.8 Å². The summed E-state index contributed by atoms with van der Waals surface area (Å²) in [6.45, 7) is 0. The highest BCUT2D eigenvalue weighted by atomic mass is 35.5. The number of carbonyl (C=O) groups excluding carboxylic acids is 1. The predicted molar refractivity (Wildman–Crippen MR) is 116 cm³/mol. The molecule has 156 valence electrons. The van der Waals surface area contributed by atoms with Crippen LogP contribution in [0.5, 0.6) is 0 Å². The van der Waals surface area contributed by atoms with Crippen LogP contribution in [0.15, 0.2) is 64.2 Å². The zero-order valence-corrected chi connectivity index (χ0v) is 17.9. The Morgan fingerprint density at radius 3 is 2.60 bits per heavy atom. The normalized spacial score (nSPS) is 12.8. The number of carbonyl (C=O) groups is 1. The third-order valence-corrected chi connectivity index (χ3v) is 5.95. The minimum atomic E-state index is -4.09. The van der Waals surface area contributed by atoms with E-state index in [1.165, 1.54) is 23.5 Å². The van der Waals surface area contributed by atoms with Gasteiger partial charge in [-0.1, -0.05) is 41.9 Å². The molecule has 2 aromatic carbocycles. The van der Waals surface area contributed by atoms with E-state index in [4.69, 9.17) is 17.3 Å². The molecule has 0 saturated carbocycles. The van der Waals surface area contributed by atoms with Crippen molar-refractivity contribution in [1.82, 2.24) is 15.1 Å². The molecule has 1 atom stereocenters. The second-order valence-corrected chi connectivity index (χ2v) is 8.77. The Kier molecular flexibility index (Phi) is 6.23. The Hall–Kier alpha value is -3.17. The first-order valence-corrected chi connectivity index (χ1v) is 10.7. The molecule has 3 rings (SSSR count). The number of rotatable bonds is 7. The molecular weight excluding hydrogens is 426 g/mol. The lowest BCUT2D eigenvalue weighted by atomic mass is 9.89. The molecule has 0 aliphatic heterocycles. The van der Waals surface area contributed by atoms with Gasteiger partial charge in [0.25, 0.3) is 10.0 Å². The predicted octanol–water partition coefficient (Wildman–Crippen LogP) is 2.63. The Bertz CT molecular complexity index is 1190. The molecule has 10 heteroatoms. The van der Waals surface area contributed by atoms with E-state index >= 15 is 0 Å². The van der Waals surface area contributed by atoms with E-state index in [-0.39, 0.29) is 4.90 Å². The summed E-state index contributed by atoms with van der Waals surface area (Å²) in [6, 6.07) is 11.4. The van der Waals surface area contributed by atoms with Crippen molar-refractivity contribution in [2.75, 3.05) is 14.1 Å². The van der Waals surface area contributed by atoms with Crippen molar-refractivity contribution in [3.05, 3.63) is 71.0 Å². The quantitative estimate of drug-likeness (QED) is 0.427. The van der Waals surface area contributed by atoms with Crippen LogP contribution in [-0.4, -0.2) is 49.9 Å². The van der Waals surface area contributed by atoms with Crippen molar-refractivity contribution in [1.29, 1.82) is 0 Å². The molecule has 8 nitrogen and oxygen atoms in total. The lowest BCUT2D eigenvalue weighted by Crippen LogP contribution is -2.23. The number of benzene rings is 2. The van der Waals surface area contributed by atoms with Gasteiger partial charge in [0, 0.05) is 36.4 Å². The van der Waals surface area contributed by atoms with Crippen LogP contribution in [-0.2, 0) is 14.8 Å². The molecule has 1 heterocycles. The van der Waals surface area contributed by atoms with E-state index in [1.54, 1.807) is 56.7 Å². The lowest BCUT2D eigenvalue weighted by Gasteiger charge is -2.18. The number of nitrogens with zero attached hydrogens (tertiary/aromatic N) is 3. The second kappa shape index (κ2) is 8.68. The van der Waals surface area contributed by atoms with Crippen LogP contribution in [0.25, 0.3) is 11.1 Å². The summed E-state index contributed by atoms with van der Waals surface area (Å²) in [6.07, 6.45) is 4.27. The SMILES string of the molecule is CN(C)/C=N/S(=O)(=O)c1cc(C(C(N)=O)c2ccccc2Cl)ccc1-c1cn[nH]c1. The third kappa shape index (κ3) is 4.52. The van der Waals surface area contributed by atoms with E-state index in [1.807, 2.05) is 0 Å². The Balaban J connectivity index is 2.23. The molecule has 0 saturated heterocycles. The number of H-pyrrole nitrogens is 1. The van der Waals surface area contributed by atoms with Crippen molar-refractivity contribution < 1.29 is 13.2 Å². The summed E-state index contributed by atoms with van der Waals surface area (Å²) < 4.78 is 29.7. The number of amides is 1. The maximum atomic E-state index is 13.0. The zero-order valence-electron chi connectivity index (χ0n) is 16.3. The lowest BCUT2D eigenvalue weighted by molar-refractivity contribution is -0.118. The second-order valence-electron chi connectivity index (χ2n) is 6.76. The van der Waals surface area contributed by atoms with Gasteiger partial charge in [0.05, 0.1) is 17.0 Å². The standard InChI is InChI=1S/C20H20ClN5O3S/c1-26(2)12-25-30(28,29)18-9-13(7-8-15(18)14-10-23-24-11-14)19(20(22)27)16-5-3-4-6-17(16)21/h3-12,19H,1-2H3,(H2,22,27)(H,23,24)/b25-12+. The van der Waals surface area contributed by atoms with Crippen LogP contribution in [0.1, 0.15) is 17.0 Å². The number of nitrogens with one attached hydrogen (secondary N) is 1. The molecule has 30 heavy (non-hydrogen) atoms. The van der Waals surface area contributed by atoms with E-state index in [2.05, 4.69) is 14.6 Å². The van der Waals surface area contributed by atoms with Gasteiger partial charge in [-0.3, -0.25) is 9.89 Å². The fourth-order valence-corrected chi connectivity index (χ4v) is 4.41. The van der Waals surface area contributed by atoms with Gasteiger partial charge in [-0.25, -0.2) is 0 Å². The molecule has 1 aromatic heterocycles. The highest BCUT2D eigenvalue weighted by Crippen LogP contribution is 2.35. The summed E-state index contributed by atoms with van der Waals surface area (Å²) in [5.74, 6) is -1.58. The van der Waals surface area contributed by atoms with Crippen LogP contribution in [0.2, 0.25) is 5.02 Å². The number of aromatic nitrogens is 2. The average molecular weight is 446 g/mol. The van der Waals surface area contributed by atoms with Gasteiger partial charge >= 0.3 is 0 Å². The number of primary amides is 1. The fraction of sp³-hybridized carbons (Fsp3) is 0.150. The third-order valence-electron chi connectivity index (χ3n) is 4.34. The van der Waals surface area contributed by atoms with Gasteiger partial charge in [-0.15, -0.1) is 4.40 Å². The van der Waals surface area contributed by atoms with Crippen LogP contribution < -0.4 is 5.73 Å². The highest BCUT2D eigenvalue weighted by Gasteiger charge is 2.27. The number of nitrogens with two attached hydrogens (primary N) is 1. The van der Waals surface area contributed by atoms with Crippen molar-refractivity contribution >= 4 is 33.9 Å². The number of sulfonamides is 1. The number of halogens is 1. The summed E-state index contributed by atoms with van der Waals surface area (Å²) >= 11 is 6.27. The molecule has 3 N–H and O–H groups in total. The first-order chi connectivity index (χ1) is 14.2. The molecule has 0 radical (unpaired) electrons. The molecule has 0 aliphatic rings. The molecule has 1 unspecified atom stereocenters. The molecule has 1 amide bonds. The van der Waals surface area contributed by atoms with Crippen LogP contribution in [0, 0.1) is 0 Å². The van der Waals surface area contributed by atoms with Crippen LogP contribution in [0.4, 0.5) is 0 Å². The van der Waals surface area contributed by atoms with Gasteiger partial charge in [0.15, 0.2) is 0 Å². The Morgan fingerprint density at radius 1 is 1.27 bits per heavy atom. The summed E-state index contributed by atoms with van der Waals surface area (Å²) in [5, 5.41) is 6.90. The van der Waals surface area contributed by atoms with E-state index in [0.717, 1.165) is 0 Å². The summed E-state index contributed by atoms with van der Waals surface area (Å²) in [4.78, 5) is 13.7. The molecule has 0 fully saturated rings. The first kappa shape index (κ1) is 21.5. The Morgan fingerprint density at radius 2 is 2.00 bits per heavy atom. The monoisotopic (exact) mass is 445 g/mol. The minimum Gasteiger partial charge on any atom is -0.369 e. The summed E-state index contributed by atoms with van der Waals surface area (Å²) in [7, 11) is -0.766. The van der Waals surface area contributed by atoms with E-state index in [9.17, 15) is 13.2 Å². The van der Waals surface area contributed by atoms with Crippen molar-refractivity contribution in [3.8, 4) is 11.1 Å². The molecule has 0 aliphatic carbocycles. The minimum absolute atomic E-state index is 0.0715. The van der Waals surface area contributed by atoms with E-state index in [0.29, 0.717) is 27.3 Å². The largest absolute Gasteiger partial charge is 0.369 e. The Labute approximate surface area is 179 Å². The van der Waals surface area contributed by atoms with Crippen molar-refractivity contribution in [3.63, 3.8) is 0 Å². The van der Waals surface area contributed by atoms with Crippen LogP contribution >= 0.6 is 11.6 Å². The summed E-state index contributed by atoms with van der Waals surface area (Å²) in [5.41, 5.74) is 7.50. The van der Waals surface area contributed by atoms with Gasteiger partial charge in [0.1, 0.15) is 6.34 Å². The van der Waals surface area contributed by atoms with Crippen molar-refractivity contribution in [2.24, 2.45) is 10.1 Å². The smallest absolute Gasteiger partial charge is 0.284 e. The maximum absolute atomic E-state index is 13.0. The molecule has 3 aromatic rings. The first-order valence-electron chi connectivity index (χ1n) is 8.84. The zero-order chi connectivity index (χ0) is 21.9. The molecular formula is C20H20ClN5O3S.